The summed E-state index contributed by atoms with van der Waals surface area (Å²) in [4.78, 5) is 17.1. The van der Waals surface area contributed by atoms with Gasteiger partial charge < -0.3 is 10.7 Å². The highest BCUT2D eigenvalue weighted by Gasteiger charge is 2.10. The van der Waals surface area contributed by atoms with E-state index in [-0.39, 0.29) is 18.1 Å². The first-order valence-electron chi connectivity index (χ1n) is 4.17. The Balaban J connectivity index is 2.71. The molecule has 0 aliphatic rings. The summed E-state index contributed by atoms with van der Waals surface area (Å²) < 4.78 is 11.9. The smallest absolute Gasteiger partial charge is 0.269 e. The van der Waals surface area contributed by atoms with E-state index in [2.05, 4.69) is 20.3 Å². The number of rotatable bonds is 5. The van der Waals surface area contributed by atoms with Crippen LogP contribution in [0, 0.1) is 0 Å². The first-order valence-corrected chi connectivity index (χ1v) is 4.17. The van der Waals surface area contributed by atoms with Crippen molar-refractivity contribution in [3.05, 3.63) is 12.0 Å². The van der Waals surface area contributed by atoms with Crippen LogP contribution in [-0.2, 0) is 0 Å². The van der Waals surface area contributed by atoms with Crippen molar-refractivity contribution in [3.8, 4) is 0 Å². The summed E-state index contributed by atoms with van der Waals surface area (Å²) in [5.41, 5.74) is 5.11. The maximum absolute atomic E-state index is 11.9. The fourth-order valence-electron chi connectivity index (χ4n) is 0.830. The molecule has 1 heterocycles. The Bertz CT molecular complexity index is 362. The minimum atomic E-state index is -0.672. The number of carbonyl (C=O) groups excluding carboxylic acids is 1. The molecule has 0 fully saturated rings. The maximum Gasteiger partial charge on any atom is 0.269 e. The van der Waals surface area contributed by atoms with Crippen LogP contribution in [0.5, 0.6) is 0 Å². The Kier molecular flexibility index (Phi) is 3.72. The van der Waals surface area contributed by atoms with Crippen molar-refractivity contribution in [2.24, 2.45) is 16.1 Å². The number of H-pyrrole nitrogens is 1. The second-order valence-corrected chi connectivity index (χ2v) is 2.73. The van der Waals surface area contributed by atoms with E-state index in [4.69, 9.17) is 5.73 Å². The summed E-state index contributed by atoms with van der Waals surface area (Å²) in [5, 5.41) is 8.57. The minimum Gasteiger partial charge on any atom is -0.364 e. The number of halogens is 1. The number of alkyl halides is 1. The van der Waals surface area contributed by atoms with E-state index in [1.807, 2.05) is 0 Å². The quantitative estimate of drug-likeness (QED) is 0.548. The highest BCUT2D eigenvalue weighted by Crippen LogP contribution is 2.13. The third kappa shape index (κ3) is 3.01. The van der Waals surface area contributed by atoms with E-state index >= 15 is 0 Å². The fourth-order valence-corrected chi connectivity index (χ4v) is 0.830. The van der Waals surface area contributed by atoms with Crippen molar-refractivity contribution in [1.82, 2.24) is 15.0 Å². The van der Waals surface area contributed by atoms with E-state index in [0.29, 0.717) is 0 Å². The zero-order valence-corrected chi connectivity index (χ0v) is 8.14. The second kappa shape index (κ2) is 5.03. The van der Waals surface area contributed by atoms with Crippen molar-refractivity contribution in [3.63, 3.8) is 0 Å². The molecule has 0 bridgehead atoms. The van der Waals surface area contributed by atoms with Crippen molar-refractivity contribution >= 4 is 11.7 Å². The number of carbonyl (C=O) groups is 1. The number of amides is 1. The Morgan fingerprint density at radius 2 is 2.53 bits per heavy atom. The molecule has 3 N–H and O–H groups in total. The summed E-state index contributed by atoms with van der Waals surface area (Å²) in [6.45, 7) is -0.404. The van der Waals surface area contributed by atoms with Gasteiger partial charge in [0.1, 0.15) is 6.67 Å². The normalized spacial score (nSPS) is 10.8. The van der Waals surface area contributed by atoms with Gasteiger partial charge in [-0.1, -0.05) is 5.22 Å². The minimum absolute atomic E-state index is 0.0763. The highest BCUT2D eigenvalue weighted by atomic mass is 19.1. The average molecular weight is 214 g/mol. The molecule has 1 aromatic heterocycles. The molecule has 82 valence electrons. The van der Waals surface area contributed by atoms with Crippen molar-refractivity contribution in [2.75, 3.05) is 20.3 Å². The molecule has 0 atom stereocenters. The Morgan fingerprint density at radius 1 is 1.80 bits per heavy atom. The lowest BCUT2D eigenvalue weighted by atomic mass is 10.4. The monoisotopic (exact) mass is 214 g/mol. The standard InChI is InChI=1S/C7H11FN6O/c1-14(3-2-8)13-12-7-5(6(9)15)10-4-11-7/h4H,2-3H2,1H3,(H2,9,15)(H,10,11). The van der Waals surface area contributed by atoms with Gasteiger partial charge in [0.25, 0.3) is 5.91 Å². The largest absolute Gasteiger partial charge is 0.364 e. The lowest BCUT2D eigenvalue weighted by Gasteiger charge is -2.06. The SMILES string of the molecule is CN(CCF)N=Nc1nc[nH]c1C(N)=O. The van der Waals surface area contributed by atoms with Crippen LogP contribution in [0.25, 0.3) is 0 Å². The summed E-state index contributed by atoms with van der Waals surface area (Å²) >= 11 is 0. The van der Waals surface area contributed by atoms with Gasteiger partial charge in [0.2, 0.25) is 5.82 Å². The first-order chi connectivity index (χ1) is 7.15. The number of nitrogens with zero attached hydrogens (tertiary/aromatic N) is 4. The number of nitrogens with two attached hydrogens (primary N) is 1. The average Bonchev–Trinajstić information content (AvgIpc) is 2.63. The number of nitrogens with one attached hydrogen (secondary N) is 1. The van der Waals surface area contributed by atoms with Gasteiger partial charge in [0.15, 0.2) is 5.69 Å². The zero-order chi connectivity index (χ0) is 11.3. The molecular weight excluding hydrogens is 203 g/mol. The van der Waals surface area contributed by atoms with Gasteiger partial charge >= 0.3 is 0 Å². The van der Waals surface area contributed by atoms with Crippen LogP contribution in [0.3, 0.4) is 0 Å². The molecule has 0 spiro atoms. The molecule has 0 aliphatic carbocycles. The van der Waals surface area contributed by atoms with E-state index in [1.165, 1.54) is 11.3 Å². The van der Waals surface area contributed by atoms with E-state index in [9.17, 15) is 9.18 Å². The number of aromatic nitrogens is 2. The van der Waals surface area contributed by atoms with Crippen LogP contribution in [0.2, 0.25) is 0 Å². The van der Waals surface area contributed by atoms with Gasteiger partial charge in [0.05, 0.1) is 12.9 Å². The molecule has 15 heavy (non-hydrogen) atoms. The predicted octanol–water partition coefficient (Wildman–Crippen LogP) is 0.409. The summed E-state index contributed by atoms with van der Waals surface area (Å²) in [6, 6.07) is 0. The zero-order valence-electron chi connectivity index (χ0n) is 8.14. The van der Waals surface area contributed by atoms with Gasteiger partial charge in [-0.3, -0.25) is 9.80 Å². The third-order valence-electron chi connectivity index (χ3n) is 1.57. The highest BCUT2D eigenvalue weighted by molar-refractivity contribution is 5.94. The van der Waals surface area contributed by atoms with Crippen molar-refractivity contribution in [2.45, 2.75) is 0 Å². The topological polar surface area (TPSA) is 99.7 Å². The summed E-state index contributed by atoms with van der Waals surface area (Å²) in [6.07, 6.45) is 1.28. The maximum atomic E-state index is 11.9. The van der Waals surface area contributed by atoms with Crippen LogP contribution in [0.1, 0.15) is 10.5 Å². The summed E-state index contributed by atoms with van der Waals surface area (Å²) in [5.74, 6) is -0.581. The molecule has 0 saturated carbocycles. The van der Waals surface area contributed by atoms with Gasteiger partial charge in [-0.15, -0.1) is 5.11 Å². The molecule has 1 rings (SSSR count). The number of hydrogen-bond acceptors (Lipinski definition) is 4. The van der Waals surface area contributed by atoms with E-state index < -0.39 is 12.6 Å². The first kappa shape index (κ1) is 11.1. The Hall–Kier alpha value is -1.99. The summed E-state index contributed by atoms with van der Waals surface area (Å²) in [7, 11) is 1.56. The van der Waals surface area contributed by atoms with Gasteiger partial charge in [-0.25, -0.2) is 9.37 Å². The lowest BCUT2D eigenvalue weighted by molar-refractivity contribution is 0.0996. The molecule has 0 aromatic carbocycles. The molecular formula is C7H11FN6O. The predicted molar refractivity (Wildman–Crippen MR) is 50.2 cm³/mol. The van der Waals surface area contributed by atoms with Crippen LogP contribution >= 0.6 is 0 Å². The fraction of sp³-hybridized carbons (Fsp3) is 0.429. The van der Waals surface area contributed by atoms with E-state index in [0.717, 1.165) is 0 Å². The molecule has 0 unspecified atom stereocenters. The molecule has 8 heteroatoms. The Labute approximate surface area is 85.2 Å². The third-order valence-corrected chi connectivity index (χ3v) is 1.57. The van der Waals surface area contributed by atoms with Gasteiger partial charge in [-0.2, -0.15) is 0 Å². The number of imidazole rings is 1. The molecule has 0 radical (unpaired) electrons. The lowest BCUT2D eigenvalue weighted by Crippen LogP contribution is -2.13. The van der Waals surface area contributed by atoms with Crippen LogP contribution in [-0.4, -0.2) is 41.2 Å². The molecule has 1 amide bonds. The molecule has 1 aromatic rings. The second-order valence-electron chi connectivity index (χ2n) is 2.73. The van der Waals surface area contributed by atoms with Crippen LogP contribution < -0.4 is 5.73 Å². The number of aromatic amines is 1. The van der Waals surface area contributed by atoms with E-state index in [1.54, 1.807) is 7.05 Å². The van der Waals surface area contributed by atoms with Gasteiger partial charge in [0, 0.05) is 7.05 Å². The van der Waals surface area contributed by atoms with Gasteiger partial charge in [-0.05, 0) is 0 Å². The number of hydrogen-bond donors (Lipinski definition) is 2. The van der Waals surface area contributed by atoms with Crippen LogP contribution in [0.4, 0.5) is 10.2 Å². The molecule has 7 nitrogen and oxygen atoms in total. The molecule has 0 aliphatic heterocycles. The van der Waals surface area contributed by atoms with Crippen molar-refractivity contribution < 1.29 is 9.18 Å². The Morgan fingerprint density at radius 3 is 3.13 bits per heavy atom. The number of primary amides is 1. The van der Waals surface area contributed by atoms with Crippen molar-refractivity contribution in [1.29, 1.82) is 0 Å². The van der Waals surface area contributed by atoms with Crippen LogP contribution in [0.15, 0.2) is 16.7 Å². The molecule has 0 saturated heterocycles.